The van der Waals surface area contributed by atoms with Crippen molar-refractivity contribution in [3.8, 4) is 16.9 Å². The van der Waals surface area contributed by atoms with Crippen LogP contribution in [-0.2, 0) is 12.8 Å². The summed E-state index contributed by atoms with van der Waals surface area (Å²) < 4.78 is 5.67. The molecule has 0 radical (unpaired) electrons. The van der Waals surface area contributed by atoms with Gasteiger partial charge in [-0.3, -0.25) is 4.79 Å². The zero-order chi connectivity index (χ0) is 23.3. The second kappa shape index (κ2) is 10.9. The molecule has 0 aliphatic carbocycles. The number of hydrogen-bond donors (Lipinski definition) is 2. The van der Waals surface area contributed by atoms with Crippen LogP contribution in [0.25, 0.3) is 11.1 Å². The van der Waals surface area contributed by atoms with Gasteiger partial charge in [-0.25, -0.2) is 0 Å². The van der Waals surface area contributed by atoms with E-state index in [-0.39, 0.29) is 19.0 Å². The topological polar surface area (TPSA) is 66.8 Å². The molecule has 4 nitrogen and oxygen atoms in total. The average Bonchev–Trinajstić information content (AvgIpc) is 3.21. The molecular formula is C27H32O4S. The monoisotopic (exact) mass is 452 g/mol. The van der Waals surface area contributed by atoms with Crippen molar-refractivity contribution in [2.24, 2.45) is 0 Å². The van der Waals surface area contributed by atoms with Gasteiger partial charge in [-0.2, -0.15) is 0 Å². The summed E-state index contributed by atoms with van der Waals surface area (Å²) in [7, 11) is 0. The molecule has 0 unspecified atom stereocenters. The molecule has 0 saturated heterocycles. The Hall–Kier alpha value is -2.47. The highest BCUT2D eigenvalue weighted by atomic mass is 32.1. The Labute approximate surface area is 194 Å². The fourth-order valence-electron chi connectivity index (χ4n) is 3.83. The normalized spacial score (nSPS) is 12.1. The Balaban J connectivity index is 1.70. The van der Waals surface area contributed by atoms with Crippen LogP contribution < -0.4 is 4.74 Å². The predicted molar refractivity (Wildman–Crippen MR) is 131 cm³/mol. The minimum absolute atomic E-state index is 0.0530. The minimum atomic E-state index is -0.894. The van der Waals surface area contributed by atoms with Crippen LogP contribution in [0.3, 0.4) is 0 Å². The lowest BCUT2D eigenvalue weighted by molar-refractivity contribution is 0.0531. The second-order valence-corrected chi connectivity index (χ2v) is 9.43. The van der Waals surface area contributed by atoms with Crippen molar-refractivity contribution >= 4 is 17.1 Å². The van der Waals surface area contributed by atoms with Crippen LogP contribution >= 0.6 is 11.3 Å². The smallest absolute Gasteiger partial charge is 0.173 e. The number of carbonyl (C=O) groups excluding carboxylic acids is 1. The second-order valence-electron chi connectivity index (χ2n) is 8.30. The molecule has 0 bridgehead atoms. The van der Waals surface area contributed by atoms with Crippen LogP contribution in [0.2, 0.25) is 0 Å². The van der Waals surface area contributed by atoms with Gasteiger partial charge in [-0.1, -0.05) is 48.9 Å². The number of carbonyl (C=O) groups is 1. The maximum atomic E-state index is 13.0. The first-order valence-corrected chi connectivity index (χ1v) is 11.9. The fourth-order valence-corrected chi connectivity index (χ4v) is 4.92. The molecule has 0 aliphatic rings. The first kappa shape index (κ1) is 24.2. The number of benzene rings is 2. The van der Waals surface area contributed by atoms with Crippen LogP contribution in [0.15, 0.2) is 42.5 Å². The Morgan fingerprint density at radius 2 is 1.72 bits per heavy atom. The van der Waals surface area contributed by atoms with Gasteiger partial charge in [-0.05, 0) is 67.5 Å². The van der Waals surface area contributed by atoms with E-state index in [4.69, 9.17) is 9.84 Å². The Bertz CT molecular complexity index is 1040. The van der Waals surface area contributed by atoms with Crippen molar-refractivity contribution in [3.05, 3.63) is 74.5 Å². The Morgan fingerprint density at radius 3 is 2.31 bits per heavy atom. The van der Waals surface area contributed by atoms with E-state index in [2.05, 4.69) is 44.2 Å². The van der Waals surface area contributed by atoms with Crippen LogP contribution in [0, 0.1) is 20.8 Å². The van der Waals surface area contributed by atoms with Gasteiger partial charge in [0.05, 0.1) is 11.5 Å². The zero-order valence-electron chi connectivity index (χ0n) is 19.3. The highest BCUT2D eigenvalue weighted by Gasteiger charge is 2.16. The maximum absolute atomic E-state index is 13.0. The van der Waals surface area contributed by atoms with E-state index in [1.54, 1.807) is 11.3 Å². The molecule has 0 spiro atoms. The summed E-state index contributed by atoms with van der Waals surface area (Å²) in [5.41, 5.74) is 6.57. The fraction of sp³-hybridized carbons (Fsp3) is 0.370. The van der Waals surface area contributed by atoms with Crippen molar-refractivity contribution in [1.29, 1.82) is 0 Å². The molecule has 0 fully saturated rings. The number of aliphatic hydroxyl groups is 2. The third kappa shape index (κ3) is 5.85. The average molecular weight is 453 g/mol. The molecule has 3 aromatic rings. The summed E-state index contributed by atoms with van der Waals surface area (Å²) in [4.78, 5) is 15.0. The predicted octanol–water partition coefficient (Wildman–Crippen LogP) is 5.45. The van der Waals surface area contributed by atoms with Crippen molar-refractivity contribution in [3.63, 3.8) is 0 Å². The van der Waals surface area contributed by atoms with Gasteiger partial charge >= 0.3 is 0 Å². The molecule has 170 valence electrons. The Kier molecular flexibility index (Phi) is 8.24. The van der Waals surface area contributed by atoms with Gasteiger partial charge in [0.15, 0.2) is 5.78 Å². The molecule has 2 aromatic carbocycles. The van der Waals surface area contributed by atoms with Gasteiger partial charge in [0.1, 0.15) is 18.5 Å². The van der Waals surface area contributed by atoms with E-state index in [1.807, 2.05) is 26.0 Å². The van der Waals surface area contributed by atoms with E-state index >= 15 is 0 Å². The van der Waals surface area contributed by atoms with Crippen LogP contribution in [0.1, 0.15) is 50.1 Å². The van der Waals surface area contributed by atoms with Gasteiger partial charge in [0.25, 0.3) is 0 Å². The largest absolute Gasteiger partial charge is 0.490 e. The number of ether oxygens (including phenoxy) is 1. The zero-order valence-corrected chi connectivity index (χ0v) is 20.1. The van der Waals surface area contributed by atoms with Crippen molar-refractivity contribution in [2.45, 2.75) is 53.1 Å². The SMILES string of the molecule is CCc1sc(C(=O)CCc2cc(C)c(OC[C@H](O)CO)c(C)c2)cc1-c1ccc(C)cc1. The molecule has 32 heavy (non-hydrogen) atoms. The van der Waals surface area contributed by atoms with Crippen LogP contribution in [0.5, 0.6) is 5.75 Å². The molecule has 1 aromatic heterocycles. The molecule has 1 heterocycles. The van der Waals surface area contributed by atoms with Gasteiger partial charge < -0.3 is 14.9 Å². The van der Waals surface area contributed by atoms with E-state index in [1.165, 1.54) is 16.0 Å². The summed E-state index contributed by atoms with van der Waals surface area (Å²) in [5, 5.41) is 18.5. The van der Waals surface area contributed by atoms with Crippen molar-refractivity contribution < 1.29 is 19.7 Å². The number of rotatable bonds is 10. The Morgan fingerprint density at radius 1 is 1.06 bits per heavy atom. The molecule has 0 saturated carbocycles. The van der Waals surface area contributed by atoms with E-state index in [9.17, 15) is 9.90 Å². The number of hydrogen-bond acceptors (Lipinski definition) is 5. The third-order valence-electron chi connectivity index (χ3n) is 5.56. The summed E-state index contributed by atoms with van der Waals surface area (Å²) in [6, 6.07) is 14.6. The third-order valence-corrected chi connectivity index (χ3v) is 6.88. The number of aliphatic hydroxyl groups excluding tert-OH is 2. The number of Topliss-reactive ketones (excluding diaryl/α,β-unsaturated/α-hetero) is 1. The highest BCUT2D eigenvalue weighted by Crippen LogP contribution is 2.33. The van der Waals surface area contributed by atoms with Gasteiger partial charge in [0, 0.05) is 11.3 Å². The number of aryl methyl sites for hydroxylation is 5. The molecular weight excluding hydrogens is 420 g/mol. The van der Waals surface area contributed by atoms with E-state index in [0.29, 0.717) is 12.8 Å². The molecule has 1 atom stereocenters. The van der Waals surface area contributed by atoms with Crippen molar-refractivity contribution in [1.82, 2.24) is 0 Å². The lowest BCUT2D eigenvalue weighted by atomic mass is 10.00. The standard InChI is InChI=1S/C27H32O4S/c1-5-25-23(21-9-6-17(2)7-10-21)14-26(32-25)24(30)11-8-20-12-18(3)27(19(4)13-20)31-16-22(29)15-28/h6-7,9-10,12-14,22,28-29H,5,8,11,15-16H2,1-4H3/t22-/m1/s1. The van der Waals surface area contributed by atoms with E-state index in [0.717, 1.165) is 39.3 Å². The highest BCUT2D eigenvalue weighted by molar-refractivity contribution is 7.14. The molecule has 2 N–H and O–H groups in total. The summed E-state index contributed by atoms with van der Waals surface area (Å²) in [6.07, 6.45) is 1.14. The van der Waals surface area contributed by atoms with Crippen molar-refractivity contribution in [2.75, 3.05) is 13.2 Å². The summed E-state index contributed by atoms with van der Waals surface area (Å²) >= 11 is 1.61. The first-order valence-electron chi connectivity index (χ1n) is 11.1. The molecule has 5 heteroatoms. The maximum Gasteiger partial charge on any atom is 0.173 e. The molecule has 0 aliphatic heterocycles. The minimum Gasteiger partial charge on any atom is -0.490 e. The lowest BCUT2D eigenvalue weighted by Crippen LogP contribution is -2.21. The molecule has 0 amide bonds. The van der Waals surface area contributed by atoms with Gasteiger partial charge in [-0.15, -0.1) is 11.3 Å². The quantitative estimate of drug-likeness (QED) is 0.402. The van der Waals surface area contributed by atoms with Crippen LogP contribution in [0.4, 0.5) is 0 Å². The van der Waals surface area contributed by atoms with Crippen LogP contribution in [-0.4, -0.2) is 35.3 Å². The van der Waals surface area contributed by atoms with Gasteiger partial charge in [0.2, 0.25) is 0 Å². The molecule has 3 rings (SSSR count). The lowest BCUT2D eigenvalue weighted by Gasteiger charge is -2.15. The van der Waals surface area contributed by atoms with E-state index < -0.39 is 6.10 Å². The first-order chi connectivity index (χ1) is 15.3. The summed E-state index contributed by atoms with van der Waals surface area (Å²) in [5.74, 6) is 0.894. The summed E-state index contributed by atoms with van der Waals surface area (Å²) in [6.45, 7) is 7.85. The number of thiophene rings is 1. The number of ketones is 1.